The molecule has 0 saturated carbocycles. The summed E-state index contributed by atoms with van der Waals surface area (Å²) in [4.78, 5) is 21.3. The van der Waals surface area contributed by atoms with Gasteiger partial charge in [-0.3, -0.25) is 14.7 Å². The van der Waals surface area contributed by atoms with Gasteiger partial charge >= 0.3 is 0 Å². The molecule has 4 nitrogen and oxygen atoms in total. The van der Waals surface area contributed by atoms with Crippen molar-refractivity contribution in [1.29, 1.82) is 0 Å². The normalized spacial score (nSPS) is 16.8. The largest absolute Gasteiger partial charge is 0.311 e. The van der Waals surface area contributed by atoms with Crippen molar-refractivity contribution in [1.82, 2.24) is 9.88 Å². The molecule has 2 aromatic rings. The van der Waals surface area contributed by atoms with Gasteiger partial charge in [0.15, 0.2) is 0 Å². The Bertz CT molecular complexity index is 858. The molecule has 1 fully saturated rings. The minimum Gasteiger partial charge on any atom is -0.311 e. The van der Waals surface area contributed by atoms with Gasteiger partial charge in [0.25, 0.3) is 5.91 Å². The Hall–Kier alpha value is -2.17. The van der Waals surface area contributed by atoms with Gasteiger partial charge in [0, 0.05) is 42.3 Å². The van der Waals surface area contributed by atoms with Crippen molar-refractivity contribution in [2.45, 2.75) is 38.5 Å². The summed E-state index contributed by atoms with van der Waals surface area (Å²) in [5.74, 6) is -0.0401. The van der Waals surface area contributed by atoms with Gasteiger partial charge in [-0.25, -0.2) is 0 Å². The van der Waals surface area contributed by atoms with Crippen LogP contribution in [0.3, 0.4) is 0 Å². The molecule has 1 saturated heterocycles. The molecule has 0 radical (unpaired) electrons. The zero-order valence-electron chi connectivity index (χ0n) is 17.6. The van der Waals surface area contributed by atoms with Crippen molar-refractivity contribution in [2.75, 3.05) is 31.6 Å². The second kappa shape index (κ2) is 9.55. The number of pyridine rings is 1. The number of carbonyl (C=O) groups excluding carboxylic acids is 1. The number of nitrogens with zero attached hydrogens (tertiary/aromatic N) is 3. The van der Waals surface area contributed by atoms with Gasteiger partial charge in [-0.15, -0.1) is 0 Å². The molecule has 1 aliphatic rings. The zero-order valence-corrected chi connectivity index (χ0v) is 18.3. The number of piperidine rings is 1. The Labute approximate surface area is 179 Å². The average molecular weight is 412 g/mol. The molecular formula is C24H30ClN3O. The first kappa shape index (κ1) is 21.5. The lowest BCUT2D eigenvalue weighted by Crippen LogP contribution is -2.42. The molecule has 0 bridgehead atoms. The quantitative estimate of drug-likeness (QED) is 0.602. The molecule has 0 N–H and O–H groups in total. The molecule has 2 heterocycles. The highest BCUT2D eigenvalue weighted by atomic mass is 35.5. The topological polar surface area (TPSA) is 36.4 Å². The van der Waals surface area contributed by atoms with Crippen molar-refractivity contribution in [3.8, 4) is 0 Å². The third-order valence-electron chi connectivity index (χ3n) is 5.93. The number of hydrogen-bond acceptors (Lipinski definition) is 3. The summed E-state index contributed by atoms with van der Waals surface area (Å²) in [5, 5.41) is 0.711. The summed E-state index contributed by atoms with van der Waals surface area (Å²) in [5.41, 5.74) is 2.70. The Kier molecular flexibility index (Phi) is 7.09. The molecule has 1 aromatic heterocycles. The fourth-order valence-electron chi connectivity index (χ4n) is 3.97. The molecular weight excluding hydrogens is 382 g/mol. The number of benzene rings is 1. The molecule has 0 unspecified atom stereocenters. The van der Waals surface area contributed by atoms with Gasteiger partial charge in [-0.1, -0.05) is 37.6 Å². The van der Waals surface area contributed by atoms with Gasteiger partial charge in [0.2, 0.25) is 0 Å². The molecule has 0 spiro atoms. The second-order valence-electron chi connectivity index (χ2n) is 8.00. The SMILES string of the molecule is CCC=CCN1CCC(C)(c2cc(Cl)ccc2N(C)C(=O)c2ccncc2)CC1. The monoisotopic (exact) mass is 411 g/mol. The number of allylic oxidation sites excluding steroid dienone is 1. The standard InChI is InChI=1S/C24H30ClN3O/c1-4-5-6-15-28-16-11-24(2,12-17-28)21-18-20(25)7-8-22(21)27(3)23(29)19-9-13-26-14-10-19/h5-10,13-14,18H,4,11-12,15-17H2,1-3H3. The van der Waals surface area contributed by atoms with E-state index in [9.17, 15) is 4.79 Å². The van der Waals surface area contributed by atoms with E-state index in [4.69, 9.17) is 11.6 Å². The van der Waals surface area contributed by atoms with E-state index in [0.717, 1.165) is 50.1 Å². The van der Waals surface area contributed by atoms with E-state index >= 15 is 0 Å². The predicted molar refractivity (Wildman–Crippen MR) is 121 cm³/mol. The van der Waals surface area contributed by atoms with Crippen LogP contribution in [-0.4, -0.2) is 42.5 Å². The van der Waals surface area contributed by atoms with Crippen molar-refractivity contribution >= 4 is 23.2 Å². The van der Waals surface area contributed by atoms with Crippen LogP contribution in [0.4, 0.5) is 5.69 Å². The van der Waals surface area contributed by atoms with Crippen LogP contribution in [-0.2, 0) is 5.41 Å². The highest BCUT2D eigenvalue weighted by molar-refractivity contribution is 6.30. The number of carbonyl (C=O) groups is 1. The Morgan fingerprint density at radius 2 is 1.90 bits per heavy atom. The highest BCUT2D eigenvalue weighted by Gasteiger charge is 2.34. The van der Waals surface area contributed by atoms with Crippen LogP contribution in [0.2, 0.25) is 5.02 Å². The maximum Gasteiger partial charge on any atom is 0.258 e. The summed E-state index contributed by atoms with van der Waals surface area (Å²) in [7, 11) is 1.84. The molecule has 0 atom stereocenters. The number of likely N-dealkylation sites (tertiary alicyclic amines) is 1. The van der Waals surface area contributed by atoms with Crippen LogP contribution in [0.25, 0.3) is 0 Å². The van der Waals surface area contributed by atoms with Crippen molar-refractivity contribution in [3.63, 3.8) is 0 Å². The van der Waals surface area contributed by atoms with Crippen molar-refractivity contribution < 1.29 is 4.79 Å². The Balaban J connectivity index is 1.84. The molecule has 154 valence electrons. The van der Waals surface area contributed by atoms with Crippen LogP contribution in [0.5, 0.6) is 0 Å². The van der Waals surface area contributed by atoms with Gasteiger partial charge in [0.1, 0.15) is 0 Å². The molecule has 3 rings (SSSR count). The van der Waals surface area contributed by atoms with Crippen molar-refractivity contribution in [3.05, 3.63) is 71.0 Å². The number of rotatable bonds is 6. The first-order valence-corrected chi connectivity index (χ1v) is 10.7. The van der Waals surface area contributed by atoms with E-state index in [1.807, 2.05) is 25.2 Å². The smallest absolute Gasteiger partial charge is 0.258 e. The minimum absolute atomic E-state index is 0.0159. The third-order valence-corrected chi connectivity index (χ3v) is 6.16. The summed E-state index contributed by atoms with van der Waals surface area (Å²) in [6.07, 6.45) is 10.9. The first-order chi connectivity index (χ1) is 13.9. The number of halogens is 1. The molecule has 5 heteroatoms. The highest BCUT2D eigenvalue weighted by Crippen LogP contribution is 2.41. The molecule has 1 aliphatic heterocycles. The molecule has 1 amide bonds. The summed E-state index contributed by atoms with van der Waals surface area (Å²) in [6.45, 7) is 7.55. The molecule has 29 heavy (non-hydrogen) atoms. The van der Waals surface area contributed by atoms with E-state index in [1.54, 1.807) is 29.4 Å². The lowest BCUT2D eigenvalue weighted by Gasteiger charge is -2.41. The summed E-state index contributed by atoms with van der Waals surface area (Å²) in [6, 6.07) is 9.37. The maximum absolute atomic E-state index is 13.0. The lowest BCUT2D eigenvalue weighted by atomic mass is 9.73. The van der Waals surface area contributed by atoms with Gasteiger partial charge < -0.3 is 4.90 Å². The fraction of sp³-hybridized carbons (Fsp3) is 0.417. The predicted octanol–water partition coefficient (Wildman–Crippen LogP) is 5.33. The summed E-state index contributed by atoms with van der Waals surface area (Å²) < 4.78 is 0. The number of anilines is 1. The van der Waals surface area contributed by atoms with Crippen LogP contribution in [0.15, 0.2) is 54.9 Å². The molecule has 1 aromatic carbocycles. The van der Waals surface area contributed by atoms with Gasteiger partial charge in [-0.05, 0) is 73.7 Å². The third kappa shape index (κ3) is 5.06. The van der Waals surface area contributed by atoms with Gasteiger partial charge in [0.05, 0.1) is 0 Å². The fourth-order valence-corrected chi connectivity index (χ4v) is 4.14. The molecule has 0 aliphatic carbocycles. The Morgan fingerprint density at radius 1 is 1.21 bits per heavy atom. The number of hydrogen-bond donors (Lipinski definition) is 0. The number of aromatic nitrogens is 1. The van der Waals surface area contributed by atoms with Gasteiger partial charge in [-0.2, -0.15) is 0 Å². The zero-order chi connectivity index (χ0) is 20.9. The lowest BCUT2D eigenvalue weighted by molar-refractivity contribution is 0.0992. The average Bonchev–Trinajstić information content (AvgIpc) is 2.75. The van der Waals surface area contributed by atoms with Crippen LogP contribution in [0.1, 0.15) is 49.0 Å². The Morgan fingerprint density at radius 3 is 2.55 bits per heavy atom. The van der Waals surface area contributed by atoms with Crippen LogP contribution >= 0.6 is 11.6 Å². The van der Waals surface area contributed by atoms with E-state index in [2.05, 4.69) is 35.9 Å². The minimum atomic E-state index is -0.0401. The first-order valence-electron chi connectivity index (χ1n) is 10.3. The number of amides is 1. The maximum atomic E-state index is 13.0. The van der Waals surface area contributed by atoms with E-state index in [0.29, 0.717) is 10.6 Å². The van der Waals surface area contributed by atoms with E-state index in [1.165, 1.54) is 0 Å². The van der Waals surface area contributed by atoms with E-state index < -0.39 is 0 Å². The second-order valence-corrected chi connectivity index (χ2v) is 8.44. The summed E-state index contributed by atoms with van der Waals surface area (Å²) >= 11 is 6.38. The van der Waals surface area contributed by atoms with Crippen LogP contribution in [0, 0.1) is 0 Å². The van der Waals surface area contributed by atoms with Crippen LogP contribution < -0.4 is 4.90 Å². The van der Waals surface area contributed by atoms with E-state index in [-0.39, 0.29) is 11.3 Å². The van der Waals surface area contributed by atoms with Crippen molar-refractivity contribution in [2.24, 2.45) is 0 Å².